The van der Waals surface area contributed by atoms with Gasteiger partial charge < -0.3 is 20.0 Å². The number of halogens is 2. The Hall–Kier alpha value is -1.89. The van der Waals surface area contributed by atoms with Crippen LogP contribution >= 0.6 is 0 Å². The van der Waals surface area contributed by atoms with E-state index in [-0.39, 0.29) is 31.7 Å². The SMILES string of the molecule is O=C(N1CCN(c2ccc(O)cc2)CC1)C(F)(F)C1(O)CCC1. The molecule has 1 aromatic rings. The quantitative estimate of drug-likeness (QED) is 0.885. The lowest BCUT2D eigenvalue weighted by Crippen LogP contribution is -2.63. The topological polar surface area (TPSA) is 64.0 Å². The Bertz CT molecular complexity index is 579. The van der Waals surface area contributed by atoms with Crippen LogP contribution in [0, 0.1) is 0 Å². The lowest BCUT2D eigenvalue weighted by Gasteiger charge is -2.44. The number of phenolic OH excluding ortho intramolecular Hbond substituents is 1. The predicted octanol–water partition coefficient (Wildman–Crippen LogP) is 1.59. The molecule has 2 aliphatic rings. The van der Waals surface area contributed by atoms with Crippen molar-refractivity contribution in [2.75, 3.05) is 31.1 Å². The number of piperazine rings is 1. The summed E-state index contributed by atoms with van der Waals surface area (Å²) in [7, 11) is 0. The van der Waals surface area contributed by atoms with Crippen molar-refractivity contribution in [3.8, 4) is 5.75 Å². The van der Waals surface area contributed by atoms with Crippen LogP contribution in [0.25, 0.3) is 0 Å². The number of hydrogen-bond acceptors (Lipinski definition) is 4. The number of aliphatic hydroxyl groups is 1. The highest BCUT2D eigenvalue weighted by Crippen LogP contribution is 2.45. The van der Waals surface area contributed by atoms with Gasteiger partial charge in [-0.15, -0.1) is 0 Å². The van der Waals surface area contributed by atoms with E-state index in [1.165, 1.54) is 0 Å². The number of carbonyl (C=O) groups excluding carboxylic acids is 1. The Morgan fingerprint density at radius 2 is 1.65 bits per heavy atom. The summed E-state index contributed by atoms with van der Waals surface area (Å²) >= 11 is 0. The van der Waals surface area contributed by atoms with Gasteiger partial charge in [0.15, 0.2) is 0 Å². The van der Waals surface area contributed by atoms with Crippen molar-refractivity contribution in [2.24, 2.45) is 0 Å². The Labute approximate surface area is 133 Å². The van der Waals surface area contributed by atoms with Crippen molar-refractivity contribution in [3.63, 3.8) is 0 Å². The number of aromatic hydroxyl groups is 1. The normalized spacial score (nSPS) is 21.0. The molecule has 23 heavy (non-hydrogen) atoms. The summed E-state index contributed by atoms with van der Waals surface area (Å²) in [6.07, 6.45) is 0.465. The van der Waals surface area contributed by atoms with Crippen LogP contribution in [0.4, 0.5) is 14.5 Å². The highest BCUT2D eigenvalue weighted by Gasteiger charge is 2.62. The fourth-order valence-corrected chi connectivity index (χ4v) is 3.05. The highest BCUT2D eigenvalue weighted by atomic mass is 19.3. The average Bonchev–Trinajstić information content (AvgIpc) is 2.52. The molecular formula is C16H20F2N2O3. The fraction of sp³-hybridized carbons (Fsp3) is 0.562. The third kappa shape index (κ3) is 2.73. The summed E-state index contributed by atoms with van der Waals surface area (Å²) in [6, 6.07) is 6.62. The van der Waals surface area contributed by atoms with E-state index in [9.17, 15) is 23.8 Å². The second-order valence-electron chi connectivity index (χ2n) is 6.26. The van der Waals surface area contributed by atoms with Gasteiger partial charge in [-0.1, -0.05) is 0 Å². The molecule has 0 bridgehead atoms. The average molecular weight is 326 g/mol. The van der Waals surface area contributed by atoms with E-state index in [1.807, 2.05) is 4.90 Å². The van der Waals surface area contributed by atoms with Gasteiger partial charge in [-0.05, 0) is 43.5 Å². The molecule has 0 spiro atoms. The van der Waals surface area contributed by atoms with Gasteiger partial charge in [0.25, 0.3) is 5.91 Å². The molecule has 0 aromatic heterocycles. The van der Waals surface area contributed by atoms with E-state index in [0.29, 0.717) is 19.5 Å². The van der Waals surface area contributed by atoms with Crippen LogP contribution in [0.3, 0.4) is 0 Å². The summed E-state index contributed by atoms with van der Waals surface area (Å²) in [5.74, 6) is -4.83. The Kier molecular flexibility index (Phi) is 3.91. The largest absolute Gasteiger partial charge is 0.508 e. The van der Waals surface area contributed by atoms with Crippen LogP contribution in [0.5, 0.6) is 5.75 Å². The zero-order chi connectivity index (χ0) is 16.7. The molecule has 1 aliphatic heterocycles. The molecule has 0 unspecified atom stereocenters. The van der Waals surface area contributed by atoms with Gasteiger partial charge in [-0.25, -0.2) is 0 Å². The first-order chi connectivity index (χ1) is 10.8. The van der Waals surface area contributed by atoms with Crippen LogP contribution < -0.4 is 4.90 Å². The number of anilines is 1. The lowest BCUT2D eigenvalue weighted by atomic mass is 9.75. The molecule has 1 saturated carbocycles. The molecule has 5 nitrogen and oxygen atoms in total. The number of benzene rings is 1. The molecule has 1 heterocycles. The second-order valence-corrected chi connectivity index (χ2v) is 6.26. The van der Waals surface area contributed by atoms with Gasteiger partial charge in [0.2, 0.25) is 0 Å². The Balaban J connectivity index is 1.62. The van der Waals surface area contributed by atoms with Crippen molar-refractivity contribution in [2.45, 2.75) is 30.8 Å². The van der Waals surface area contributed by atoms with Gasteiger partial charge >= 0.3 is 5.92 Å². The summed E-state index contributed by atoms with van der Waals surface area (Å²) in [6.45, 7) is 1.24. The molecule has 1 saturated heterocycles. The van der Waals surface area contributed by atoms with Gasteiger partial charge in [-0.2, -0.15) is 8.78 Å². The molecule has 2 N–H and O–H groups in total. The Morgan fingerprint density at radius 1 is 1.09 bits per heavy atom. The third-order valence-corrected chi connectivity index (χ3v) is 4.82. The maximum absolute atomic E-state index is 14.2. The molecule has 126 valence electrons. The van der Waals surface area contributed by atoms with E-state index in [0.717, 1.165) is 10.6 Å². The molecule has 3 rings (SSSR count). The van der Waals surface area contributed by atoms with Crippen molar-refractivity contribution in [1.29, 1.82) is 0 Å². The van der Waals surface area contributed by atoms with Crippen LogP contribution in [-0.4, -0.2) is 58.7 Å². The van der Waals surface area contributed by atoms with Gasteiger partial charge in [0.1, 0.15) is 11.4 Å². The summed E-state index contributed by atoms with van der Waals surface area (Å²) in [5.41, 5.74) is -1.29. The Morgan fingerprint density at radius 3 is 2.13 bits per heavy atom. The smallest absolute Gasteiger partial charge is 0.352 e. The molecule has 7 heteroatoms. The number of amides is 1. The summed E-state index contributed by atoms with van der Waals surface area (Å²) < 4.78 is 28.4. The zero-order valence-electron chi connectivity index (χ0n) is 12.7. The minimum absolute atomic E-state index is 0.0286. The van der Waals surface area contributed by atoms with Crippen molar-refractivity contribution < 1.29 is 23.8 Å². The molecule has 0 atom stereocenters. The molecule has 1 aliphatic carbocycles. The second kappa shape index (κ2) is 5.63. The minimum Gasteiger partial charge on any atom is -0.508 e. The van der Waals surface area contributed by atoms with Gasteiger partial charge in [-0.3, -0.25) is 4.79 Å². The number of nitrogens with zero attached hydrogens (tertiary/aromatic N) is 2. The maximum atomic E-state index is 14.2. The van der Waals surface area contributed by atoms with Crippen LogP contribution in [0.2, 0.25) is 0 Å². The van der Waals surface area contributed by atoms with Gasteiger partial charge in [0.05, 0.1) is 0 Å². The summed E-state index contributed by atoms with van der Waals surface area (Å²) in [4.78, 5) is 15.2. The van der Waals surface area contributed by atoms with E-state index in [4.69, 9.17) is 0 Å². The van der Waals surface area contributed by atoms with Crippen molar-refractivity contribution >= 4 is 11.6 Å². The molecule has 1 aromatic carbocycles. The first-order valence-corrected chi connectivity index (χ1v) is 7.77. The highest BCUT2D eigenvalue weighted by molar-refractivity contribution is 5.85. The molecule has 2 fully saturated rings. The number of rotatable bonds is 3. The van der Waals surface area contributed by atoms with Crippen LogP contribution in [-0.2, 0) is 4.79 Å². The van der Waals surface area contributed by atoms with E-state index in [2.05, 4.69) is 0 Å². The first-order valence-electron chi connectivity index (χ1n) is 7.77. The third-order valence-electron chi connectivity index (χ3n) is 4.82. The molecule has 0 radical (unpaired) electrons. The van der Waals surface area contributed by atoms with E-state index >= 15 is 0 Å². The van der Waals surface area contributed by atoms with Crippen LogP contribution in [0.15, 0.2) is 24.3 Å². The molecule has 1 amide bonds. The van der Waals surface area contributed by atoms with E-state index < -0.39 is 17.4 Å². The zero-order valence-corrected chi connectivity index (χ0v) is 12.7. The molecular weight excluding hydrogens is 306 g/mol. The van der Waals surface area contributed by atoms with E-state index in [1.54, 1.807) is 24.3 Å². The monoisotopic (exact) mass is 326 g/mol. The van der Waals surface area contributed by atoms with Crippen LogP contribution in [0.1, 0.15) is 19.3 Å². The number of phenols is 1. The fourth-order valence-electron chi connectivity index (χ4n) is 3.05. The van der Waals surface area contributed by atoms with Crippen molar-refractivity contribution in [1.82, 2.24) is 4.90 Å². The number of carbonyl (C=O) groups is 1. The standard InChI is InChI=1S/C16H20F2N2O3/c17-16(18,15(23)6-1-7-15)14(22)20-10-8-19(9-11-20)12-2-4-13(21)5-3-12/h2-5,21,23H,1,6-11H2. The number of hydrogen-bond donors (Lipinski definition) is 2. The first kappa shape index (κ1) is 16.0. The predicted molar refractivity (Wildman–Crippen MR) is 80.6 cm³/mol. The minimum atomic E-state index is -3.72. The van der Waals surface area contributed by atoms with Gasteiger partial charge in [0, 0.05) is 31.9 Å². The van der Waals surface area contributed by atoms with Crippen molar-refractivity contribution in [3.05, 3.63) is 24.3 Å². The lowest BCUT2D eigenvalue weighted by molar-refractivity contribution is -0.223. The number of alkyl halides is 2. The maximum Gasteiger partial charge on any atom is 0.352 e. The summed E-state index contributed by atoms with van der Waals surface area (Å²) in [5, 5.41) is 19.1.